The first-order chi connectivity index (χ1) is 8.27. The van der Waals surface area contributed by atoms with Crippen LogP contribution in [-0.2, 0) is 6.42 Å². The predicted molar refractivity (Wildman–Crippen MR) is 73.0 cm³/mol. The predicted octanol–water partition coefficient (Wildman–Crippen LogP) is 4.61. The van der Waals surface area contributed by atoms with Crippen molar-refractivity contribution in [2.24, 2.45) is 0 Å². The Morgan fingerprint density at radius 2 is 1.94 bits per heavy atom. The molecular formula is C14H13ClOS. The van der Waals surface area contributed by atoms with Gasteiger partial charge in [0, 0.05) is 6.42 Å². The molecule has 1 nitrogen and oxygen atoms in total. The molecule has 0 saturated heterocycles. The third-order valence-electron chi connectivity index (χ3n) is 2.58. The van der Waals surface area contributed by atoms with Gasteiger partial charge in [-0.3, -0.25) is 4.79 Å². The summed E-state index contributed by atoms with van der Waals surface area (Å²) in [4.78, 5) is 12.5. The number of hydrogen-bond acceptors (Lipinski definition) is 2. The number of rotatable bonds is 5. The maximum Gasteiger partial charge on any atom is 0.174 e. The van der Waals surface area contributed by atoms with Crippen molar-refractivity contribution < 1.29 is 4.79 Å². The summed E-state index contributed by atoms with van der Waals surface area (Å²) in [6.45, 7) is 0. The molecule has 1 aromatic carbocycles. The second kappa shape index (κ2) is 5.99. The molecule has 17 heavy (non-hydrogen) atoms. The van der Waals surface area contributed by atoms with Crippen LogP contribution in [0.4, 0.5) is 0 Å². The molecule has 0 aliphatic carbocycles. The molecule has 0 saturated carbocycles. The fraction of sp³-hybridized carbons (Fsp3) is 0.214. The zero-order chi connectivity index (χ0) is 12.1. The largest absolute Gasteiger partial charge is 0.293 e. The van der Waals surface area contributed by atoms with Crippen molar-refractivity contribution in [3.8, 4) is 0 Å². The van der Waals surface area contributed by atoms with Gasteiger partial charge in [0.2, 0.25) is 0 Å². The topological polar surface area (TPSA) is 17.1 Å². The molecule has 3 heteroatoms. The van der Waals surface area contributed by atoms with E-state index < -0.39 is 0 Å². The Hall–Kier alpha value is -1.12. The lowest BCUT2D eigenvalue weighted by Gasteiger charge is -2.00. The van der Waals surface area contributed by atoms with Crippen LogP contribution in [-0.4, -0.2) is 5.78 Å². The second-order valence-electron chi connectivity index (χ2n) is 3.86. The summed E-state index contributed by atoms with van der Waals surface area (Å²) < 4.78 is 0. The van der Waals surface area contributed by atoms with Gasteiger partial charge in [0.15, 0.2) is 5.78 Å². The SMILES string of the molecule is O=C(CCCc1ccccc1)c1sccc1Cl. The van der Waals surface area contributed by atoms with Crippen molar-refractivity contribution in [1.82, 2.24) is 0 Å². The van der Waals surface area contributed by atoms with Crippen molar-refractivity contribution in [1.29, 1.82) is 0 Å². The quantitative estimate of drug-likeness (QED) is 0.721. The van der Waals surface area contributed by atoms with Gasteiger partial charge in [-0.25, -0.2) is 0 Å². The Labute approximate surface area is 110 Å². The van der Waals surface area contributed by atoms with Crippen LogP contribution in [0.3, 0.4) is 0 Å². The number of carbonyl (C=O) groups excluding carboxylic acids is 1. The molecule has 0 aliphatic rings. The third-order valence-corrected chi connectivity index (χ3v) is 3.97. The average Bonchev–Trinajstić information content (AvgIpc) is 2.77. The minimum Gasteiger partial charge on any atom is -0.293 e. The summed E-state index contributed by atoms with van der Waals surface area (Å²) in [5.74, 6) is 0.154. The minimum atomic E-state index is 0.154. The summed E-state index contributed by atoms with van der Waals surface area (Å²) in [5.41, 5.74) is 1.28. The van der Waals surface area contributed by atoms with E-state index in [9.17, 15) is 4.79 Å². The lowest BCUT2D eigenvalue weighted by Crippen LogP contribution is -1.97. The van der Waals surface area contributed by atoms with E-state index in [1.165, 1.54) is 16.9 Å². The molecule has 0 bridgehead atoms. The van der Waals surface area contributed by atoms with Gasteiger partial charge >= 0.3 is 0 Å². The highest BCUT2D eigenvalue weighted by Gasteiger charge is 2.11. The Morgan fingerprint density at radius 3 is 2.59 bits per heavy atom. The lowest BCUT2D eigenvalue weighted by molar-refractivity contribution is 0.0984. The van der Waals surface area contributed by atoms with Crippen LogP contribution in [0.5, 0.6) is 0 Å². The number of ketones is 1. The van der Waals surface area contributed by atoms with Gasteiger partial charge in [-0.1, -0.05) is 41.9 Å². The molecule has 2 aromatic rings. The van der Waals surface area contributed by atoms with E-state index in [1.807, 2.05) is 23.6 Å². The number of hydrogen-bond donors (Lipinski definition) is 0. The van der Waals surface area contributed by atoms with E-state index in [1.54, 1.807) is 6.07 Å². The third kappa shape index (κ3) is 3.42. The van der Waals surface area contributed by atoms with E-state index >= 15 is 0 Å². The number of aryl methyl sites for hydroxylation is 1. The maximum absolute atomic E-state index is 11.8. The fourth-order valence-corrected chi connectivity index (χ4v) is 2.84. The van der Waals surface area contributed by atoms with E-state index in [4.69, 9.17) is 11.6 Å². The highest BCUT2D eigenvalue weighted by molar-refractivity contribution is 7.12. The first kappa shape index (κ1) is 12.3. The van der Waals surface area contributed by atoms with Gasteiger partial charge in [0.05, 0.1) is 9.90 Å². The molecule has 0 fully saturated rings. The van der Waals surface area contributed by atoms with Crippen LogP contribution in [0.15, 0.2) is 41.8 Å². The summed E-state index contributed by atoms with van der Waals surface area (Å²) in [6, 6.07) is 12.0. The molecule has 0 radical (unpaired) electrons. The van der Waals surface area contributed by atoms with Crippen LogP contribution in [0.25, 0.3) is 0 Å². The Morgan fingerprint density at radius 1 is 1.18 bits per heavy atom. The van der Waals surface area contributed by atoms with E-state index in [0.717, 1.165) is 12.8 Å². The number of carbonyl (C=O) groups is 1. The molecule has 0 aliphatic heterocycles. The summed E-state index contributed by atoms with van der Waals surface area (Å²) in [5, 5.41) is 2.44. The van der Waals surface area contributed by atoms with Crippen LogP contribution in [0.1, 0.15) is 28.1 Å². The van der Waals surface area contributed by atoms with Gasteiger partial charge in [-0.2, -0.15) is 0 Å². The Kier molecular flexibility index (Phi) is 4.35. The monoisotopic (exact) mass is 264 g/mol. The molecule has 0 spiro atoms. The minimum absolute atomic E-state index is 0.154. The zero-order valence-corrected chi connectivity index (χ0v) is 10.9. The molecule has 1 heterocycles. The summed E-state index contributed by atoms with van der Waals surface area (Å²) in [6.07, 6.45) is 2.38. The smallest absolute Gasteiger partial charge is 0.174 e. The van der Waals surface area contributed by atoms with Gasteiger partial charge in [-0.15, -0.1) is 11.3 Å². The lowest BCUT2D eigenvalue weighted by atomic mass is 10.1. The number of halogens is 1. The molecule has 0 N–H and O–H groups in total. The van der Waals surface area contributed by atoms with Crippen molar-refractivity contribution in [2.45, 2.75) is 19.3 Å². The van der Waals surface area contributed by atoms with Gasteiger partial charge in [-0.05, 0) is 29.9 Å². The first-order valence-corrected chi connectivity index (χ1v) is 6.83. The molecule has 0 unspecified atom stereocenters. The van der Waals surface area contributed by atoms with Crippen LogP contribution in [0, 0.1) is 0 Å². The van der Waals surface area contributed by atoms with Crippen molar-refractivity contribution >= 4 is 28.7 Å². The average molecular weight is 265 g/mol. The molecule has 88 valence electrons. The maximum atomic E-state index is 11.8. The van der Waals surface area contributed by atoms with Crippen LogP contribution in [0.2, 0.25) is 5.02 Å². The van der Waals surface area contributed by atoms with Gasteiger partial charge in [0.25, 0.3) is 0 Å². The van der Waals surface area contributed by atoms with Crippen LogP contribution < -0.4 is 0 Å². The Bertz CT molecular complexity index is 490. The molecule has 0 amide bonds. The molecule has 2 rings (SSSR count). The highest BCUT2D eigenvalue weighted by Crippen LogP contribution is 2.24. The summed E-state index contributed by atoms with van der Waals surface area (Å²) in [7, 11) is 0. The van der Waals surface area contributed by atoms with Gasteiger partial charge < -0.3 is 0 Å². The van der Waals surface area contributed by atoms with Gasteiger partial charge in [0.1, 0.15) is 0 Å². The standard InChI is InChI=1S/C14H13ClOS/c15-12-9-10-17-14(12)13(16)8-4-7-11-5-2-1-3-6-11/h1-3,5-6,9-10H,4,7-8H2. The van der Waals surface area contributed by atoms with Crippen molar-refractivity contribution in [3.05, 3.63) is 57.2 Å². The Balaban J connectivity index is 1.84. The van der Waals surface area contributed by atoms with Crippen molar-refractivity contribution in [3.63, 3.8) is 0 Å². The van der Waals surface area contributed by atoms with E-state index in [-0.39, 0.29) is 5.78 Å². The van der Waals surface area contributed by atoms with E-state index in [2.05, 4.69) is 12.1 Å². The number of Topliss-reactive ketones (excluding diaryl/α,β-unsaturated/α-hetero) is 1. The highest BCUT2D eigenvalue weighted by atomic mass is 35.5. The molecule has 1 aromatic heterocycles. The fourth-order valence-electron chi connectivity index (χ4n) is 1.70. The van der Waals surface area contributed by atoms with Crippen molar-refractivity contribution in [2.75, 3.05) is 0 Å². The molecular weight excluding hydrogens is 252 g/mol. The number of thiophene rings is 1. The normalized spacial score (nSPS) is 10.4. The van der Waals surface area contributed by atoms with E-state index in [0.29, 0.717) is 16.3 Å². The first-order valence-electron chi connectivity index (χ1n) is 5.57. The zero-order valence-electron chi connectivity index (χ0n) is 9.36. The number of benzene rings is 1. The summed E-state index contributed by atoms with van der Waals surface area (Å²) >= 11 is 7.34. The molecule has 0 atom stereocenters. The second-order valence-corrected chi connectivity index (χ2v) is 5.18. The van der Waals surface area contributed by atoms with Crippen LogP contribution >= 0.6 is 22.9 Å².